The van der Waals surface area contributed by atoms with E-state index in [-0.39, 0.29) is 0 Å². The number of ether oxygens (including phenoxy) is 1. The molecule has 76 valence electrons. The first kappa shape index (κ1) is 11.9. The van der Waals surface area contributed by atoms with Crippen molar-refractivity contribution in [2.45, 2.75) is 38.9 Å². The van der Waals surface area contributed by atoms with Gasteiger partial charge in [-0.15, -0.1) is 0 Å². The van der Waals surface area contributed by atoms with Gasteiger partial charge in [-0.05, 0) is 27.7 Å². The van der Waals surface area contributed by atoms with Crippen LogP contribution in [-0.4, -0.2) is 23.0 Å². The largest absolute Gasteiger partial charge is 0.367 e. The van der Waals surface area contributed by atoms with Gasteiger partial charge in [0.1, 0.15) is 11.2 Å². The third kappa shape index (κ3) is 3.02. The SMILES string of the molecule is CC(C)(OC(C)(C)C(N)=O)C(N)=O. The van der Waals surface area contributed by atoms with E-state index in [1.807, 2.05) is 0 Å². The summed E-state index contributed by atoms with van der Waals surface area (Å²) >= 11 is 0. The molecule has 0 spiro atoms. The molecule has 0 aromatic heterocycles. The van der Waals surface area contributed by atoms with E-state index in [0.29, 0.717) is 0 Å². The predicted molar refractivity (Wildman–Crippen MR) is 47.6 cm³/mol. The number of primary amides is 2. The lowest BCUT2D eigenvalue weighted by Gasteiger charge is -2.31. The van der Waals surface area contributed by atoms with E-state index in [1.54, 1.807) is 0 Å². The first-order valence-corrected chi connectivity index (χ1v) is 3.89. The molecule has 5 heteroatoms. The van der Waals surface area contributed by atoms with Crippen molar-refractivity contribution in [2.24, 2.45) is 11.5 Å². The van der Waals surface area contributed by atoms with Crippen LogP contribution in [0.15, 0.2) is 0 Å². The Balaban J connectivity index is 4.61. The highest BCUT2D eigenvalue weighted by Crippen LogP contribution is 2.19. The fourth-order valence-corrected chi connectivity index (χ4v) is 0.738. The van der Waals surface area contributed by atoms with E-state index in [1.165, 1.54) is 27.7 Å². The third-order valence-corrected chi connectivity index (χ3v) is 1.70. The molecule has 0 saturated heterocycles. The van der Waals surface area contributed by atoms with Crippen LogP contribution < -0.4 is 11.5 Å². The van der Waals surface area contributed by atoms with Crippen molar-refractivity contribution in [3.05, 3.63) is 0 Å². The Bertz CT molecular complexity index is 210. The Labute approximate surface area is 77.4 Å². The lowest BCUT2D eigenvalue weighted by atomic mass is 10.0. The zero-order chi connectivity index (χ0) is 10.9. The number of rotatable bonds is 4. The van der Waals surface area contributed by atoms with Crippen molar-refractivity contribution in [3.8, 4) is 0 Å². The Morgan fingerprint density at radius 1 is 0.923 bits per heavy atom. The molecule has 0 aromatic carbocycles. The molecule has 0 radical (unpaired) electrons. The molecule has 0 aliphatic heterocycles. The lowest BCUT2D eigenvalue weighted by Crippen LogP contribution is -2.51. The number of amides is 2. The van der Waals surface area contributed by atoms with Gasteiger partial charge >= 0.3 is 0 Å². The number of nitrogens with two attached hydrogens (primary N) is 2. The van der Waals surface area contributed by atoms with Crippen LogP contribution in [0, 0.1) is 0 Å². The summed E-state index contributed by atoms with van der Waals surface area (Å²) in [6, 6.07) is 0. The molecule has 0 aromatic rings. The molecule has 0 heterocycles. The second kappa shape index (κ2) is 3.33. The van der Waals surface area contributed by atoms with Crippen LogP contribution in [0.3, 0.4) is 0 Å². The van der Waals surface area contributed by atoms with E-state index >= 15 is 0 Å². The quantitative estimate of drug-likeness (QED) is 0.624. The van der Waals surface area contributed by atoms with Crippen LogP contribution in [0.5, 0.6) is 0 Å². The van der Waals surface area contributed by atoms with Crippen LogP contribution in [0.25, 0.3) is 0 Å². The number of hydrogen-bond acceptors (Lipinski definition) is 3. The van der Waals surface area contributed by atoms with E-state index < -0.39 is 23.0 Å². The van der Waals surface area contributed by atoms with Crippen molar-refractivity contribution in [1.82, 2.24) is 0 Å². The summed E-state index contributed by atoms with van der Waals surface area (Å²) in [6.45, 7) is 5.94. The van der Waals surface area contributed by atoms with Gasteiger partial charge in [-0.2, -0.15) is 0 Å². The summed E-state index contributed by atoms with van der Waals surface area (Å²) in [6.07, 6.45) is 0. The molecule has 0 bridgehead atoms. The zero-order valence-electron chi connectivity index (χ0n) is 8.38. The van der Waals surface area contributed by atoms with Crippen LogP contribution in [0.2, 0.25) is 0 Å². The monoisotopic (exact) mass is 188 g/mol. The van der Waals surface area contributed by atoms with E-state index in [9.17, 15) is 9.59 Å². The average molecular weight is 188 g/mol. The molecular weight excluding hydrogens is 172 g/mol. The molecule has 0 atom stereocenters. The van der Waals surface area contributed by atoms with Crippen LogP contribution >= 0.6 is 0 Å². The Morgan fingerprint density at radius 3 is 1.31 bits per heavy atom. The smallest absolute Gasteiger partial charge is 0.249 e. The van der Waals surface area contributed by atoms with Gasteiger partial charge in [0.15, 0.2) is 0 Å². The molecule has 0 saturated carbocycles. The minimum Gasteiger partial charge on any atom is -0.367 e. The van der Waals surface area contributed by atoms with Gasteiger partial charge in [-0.25, -0.2) is 0 Å². The van der Waals surface area contributed by atoms with E-state index in [4.69, 9.17) is 16.2 Å². The van der Waals surface area contributed by atoms with E-state index in [2.05, 4.69) is 0 Å². The van der Waals surface area contributed by atoms with Gasteiger partial charge in [-0.3, -0.25) is 9.59 Å². The van der Waals surface area contributed by atoms with Crippen LogP contribution in [0.1, 0.15) is 27.7 Å². The highest BCUT2D eigenvalue weighted by molar-refractivity contribution is 5.85. The Kier molecular flexibility index (Phi) is 3.05. The number of hydrogen-bond donors (Lipinski definition) is 2. The standard InChI is InChI=1S/C8H16N2O3/c1-7(2,5(9)11)13-8(3,4)6(10)12/h1-4H3,(H2,9,11)(H2,10,12). The van der Waals surface area contributed by atoms with Crippen molar-refractivity contribution in [1.29, 1.82) is 0 Å². The minimum atomic E-state index is -1.20. The molecule has 5 nitrogen and oxygen atoms in total. The topological polar surface area (TPSA) is 95.4 Å². The van der Waals surface area contributed by atoms with Gasteiger partial charge in [0, 0.05) is 0 Å². The maximum absolute atomic E-state index is 10.9. The van der Waals surface area contributed by atoms with Crippen molar-refractivity contribution in [2.75, 3.05) is 0 Å². The highest BCUT2D eigenvalue weighted by Gasteiger charge is 2.37. The molecule has 2 amide bonds. The molecule has 4 N–H and O–H groups in total. The second-order valence-corrected chi connectivity index (χ2v) is 3.85. The number of carbonyl (C=O) groups is 2. The summed E-state index contributed by atoms with van der Waals surface area (Å²) in [5.74, 6) is -1.27. The van der Waals surface area contributed by atoms with Crippen LogP contribution in [-0.2, 0) is 14.3 Å². The molecule has 0 aliphatic rings. The lowest BCUT2D eigenvalue weighted by molar-refractivity contribution is -0.168. The first-order valence-electron chi connectivity index (χ1n) is 3.89. The first-order chi connectivity index (χ1) is 5.59. The molecule has 0 unspecified atom stereocenters. The fourth-order valence-electron chi connectivity index (χ4n) is 0.738. The van der Waals surface area contributed by atoms with E-state index in [0.717, 1.165) is 0 Å². The minimum absolute atomic E-state index is 0.637. The Hall–Kier alpha value is -1.10. The van der Waals surface area contributed by atoms with Crippen LogP contribution in [0.4, 0.5) is 0 Å². The molecular formula is C8H16N2O3. The van der Waals surface area contributed by atoms with Gasteiger partial charge in [0.2, 0.25) is 11.8 Å². The maximum Gasteiger partial charge on any atom is 0.249 e. The summed E-state index contributed by atoms with van der Waals surface area (Å²) in [4.78, 5) is 21.7. The zero-order valence-corrected chi connectivity index (χ0v) is 8.38. The second-order valence-electron chi connectivity index (χ2n) is 3.85. The van der Waals surface area contributed by atoms with Gasteiger partial charge in [-0.1, -0.05) is 0 Å². The summed E-state index contributed by atoms with van der Waals surface area (Å²) in [5.41, 5.74) is 7.73. The van der Waals surface area contributed by atoms with Gasteiger partial charge in [0.25, 0.3) is 0 Å². The predicted octanol–water partition coefficient (Wildman–Crippen LogP) is -0.469. The Morgan fingerprint density at radius 2 is 1.15 bits per heavy atom. The van der Waals surface area contributed by atoms with Crippen molar-refractivity contribution < 1.29 is 14.3 Å². The summed E-state index contributed by atoms with van der Waals surface area (Å²) < 4.78 is 5.20. The molecule has 0 rings (SSSR count). The highest BCUT2D eigenvalue weighted by atomic mass is 16.5. The summed E-state index contributed by atoms with van der Waals surface area (Å²) in [5, 5.41) is 0. The average Bonchev–Trinajstić information content (AvgIpc) is 1.83. The third-order valence-electron chi connectivity index (χ3n) is 1.70. The molecule has 13 heavy (non-hydrogen) atoms. The van der Waals surface area contributed by atoms with Gasteiger partial charge < -0.3 is 16.2 Å². The van der Waals surface area contributed by atoms with Gasteiger partial charge in [0.05, 0.1) is 0 Å². The summed E-state index contributed by atoms with van der Waals surface area (Å²) in [7, 11) is 0. The van der Waals surface area contributed by atoms with Crippen molar-refractivity contribution >= 4 is 11.8 Å². The molecule has 0 fully saturated rings. The fraction of sp³-hybridized carbons (Fsp3) is 0.750. The van der Waals surface area contributed by atoms with Crippen molar-refractivity contribution in [3.63, 3.8) is 0 Å². The maximum atomic E-state index is 10.9. The normalized spacial score (nSPS) is 12.6. The molecule has 0 aliphatic carbocycles. The number of carbonyl (C=O) groups excluding carboxylic acids is 2.